The molecule has 26 heavy (non-hydrogen) atoms. The van der Waals surface area contributed by atoms with E-state index in [9.17, 15) is 22.4 Å². The van der Waals surface area contributed by atoms with E-state index < -0.39 is 23.7 Å². The molecule has 136 valence electrons. The predicted molar refractivity (Wildman–Crippen MR) is 86.0 cm³/mol. The average Bonchev–Trinajstić information content (AvgIpc) is 2.96. The summed E-state index contributed by atoms with van der Waals surface area (Å²) in [6.45, 7) is 1.29. The van der Waals surface area contributed by atoms with Gasteiger partial charge in [0, 0.05) is 24.8 Å². The molecule has 0 atom stereocenters. The molecule has 0 fully saturated rings. The van der Waals surface area contributed by atoms with Crippen molar-refractivity contribution in [2.45, 2.75) is 19.6 Å². The zero-order valence-electron chi connectivity index (χ0n) is 13.6. The molecule has 0 bridgehead atoms. The van der Waals surface area contributed by atoms with Gasteiger partial charge in [0.15, 0.2) is 5.65 Å². The van der Waals surface area contributed by atoms with Crippen molar-refractivity contribution in [3.8, 4) is 0 Å². The van der Waals surface area contributed by atoms with Crippen molar-refractivity contribution < 1.29 is 22.4 Å². The smallest absolute Gasteiger partial charge is 0.350 e. The lowest BCUT2D eigenvalue weighted by Crippen LogP contribution is -2.28. The third kappa shape index (κ3) is 3.51. The number of hydrogen-bond donors (Lipinski definition) is 1. The van der Waals surface area contributed by atoms with Gasteiger partial charge in [-0.05, 0) is 36.8 Å². The number of alkyl halides is 3. The molecule has 2 aromatic heterocycles. The van der Waals surface area contributed by atoms with Crippen molar-refractivity contribution in [2.75, 3.05) is 6.54 Å². The largest absolute Gasteiger partial charge is 0.449 e. The van der Waals surface area contributed by atoms with E-state index in [-0.39, 0.29) is 29.8 Å². The molecule has 0 radical (unpaired) electrons. The Kier molecular flexibility index (Phi) is 4.62. The van der Waals surface area contributed by atoms with Crippen LogP contribution in [0.4, 0.5) is 17.6 Å². The Hall–Kier alpha value is -2.97. The second-order valence-electron chi connectivity index (χ2n) is 5.65. The summed E-state index contributed by atoms with van der Waals surface area (Å²) in [7, 11) is 0. The summed E-state index contributed by atoms with van der Waals surface area (Å²) in [4.78, 5) is 19.5. The number of imidazole rings is 1. The van der Waals surface area contributed by atoms with Crippen molar-refractivity contribution in [1.29, 1.82) is 0 Å². The van der Waals surface area contributed by atoms with Gasteiger partial charge in [-0.1, -0.05) is 6.07 Å². The Morgan fingerprint density at radius 2 is 2.04 bits per heavy atom. The van der Waals surface area contributed by atoms with E-state index in [1.54, 1.807) is 6.92 Å². The minimum absolute atomic E-state index is 0.0791. The van der Waals surface area contributed by atoms with E-state index in [4.69, 9.17) is 0 Å². The van der Waals surface area contributed by atoms with Gasteiger partial charge in [-0.15, -0.1) is 0 Å². The molecule has 2 heterocycles. The number of pyridine rings is 1. The number of benzene rings is 1. The van der Waals surface area contributed by atoms with Crippen LogP contribution in [0.5, 0.6) is 0 Å². The molecule has 9 heteroatoms. The minimum Gasteiger partial charge on any atom is -0.350 e. The Bertz CT molecular complexity index is 965. The van der Waals surface area contributed by atoms with E-state index in [1.165, 1.54) is 30.5 Å². The molecule has 0 unspecified atom stereocenters. The first-order chi connectivity index (χ1) is 12.3. The molecule has 0 aliphatic rings. The maximum absolute atomic E-state index is 13.5. The number of aryl methyl sites for hydroxylation is 1. The lowest BCUT2D eigenvalue weighted by atomic mass is 10.1. The van der Waals surface area contributed by atoms with Crippen LogP contribution in [-0.4, -0.2) is 27.0 Å². The number of rotatable bonds is 4. The van der Waals surface area contributed by atoms with Crippen molar-refractivity contribution >= 4 is 17.1 Å². The molecule has 3 rings (SSSR count). The summed E-state index contributed by atoms with van der Waals surface area (Å²) in [6.07, 6.45) is -3.28. The zero-order chi connectivity index (χ0) is 18.9. The summed E-state index contributed by atoms with van der Waals surface area (Å²) < 4.78 is 54.0. The standard InChI is InChI=1S/C17H14F4N4O/c1-10-4-5-11(9-12(10)18)15(26)23-7-8-25-14-13(3-2-6-22-14)24-16(25)17(19,20)21/h2-6,9H,7-8H2,1H3,(H,23,26). The topological polar surface area (TPSA) is 59.8 Å². The van der Waals surface area contributed by atoms with Crippen LogP contribution in [0.1, 0.15) is 21.7 Å². The van der Waals surface area contributed by atoms with Crippen LogP contribution in [0.3, 0.4) is 0 Å². The second kappa shape index (κ2) is 6.74. The second-order valence-corrected chi connectivity index (χ2v) is 5.65. The molecule has 5 nitrogen and oxygen atoms in total. The quantitative estimate of drug-likeness (QED) is 0.721. The molecule has 0 aliphatic carbocycles. The summed E-state index contributed by atoms with van der Waals surface area (Å²) in [5.41, 5.74) is 0.687. The average molecular weight is 366 g/mol. The predicted octanol–water partition coefficient (Wildman–Crippen LogP) is 3.33. The highest BCUT2D eigenvalue weighted by atomic mass is 19.4. The van der Waals surface area contributed by atoms with Gasteiger partial charge in [-0.3, -0.25) is 4.79 Å². The number of halogens is 4. The van der Waals surface area contributed by atoms with Gasteiger partial charge in [0.1, 0.15) is 11.3 Å². The molecular formula is C17H14F4N4O. The van der Waals surface area contributed by atoms with E-state index in [1.807, 2.05) is 0 Å². The number of nitrogens with one attached hydrogen (secondary N) is 1. The Balaban J connectivity index is 1.77. The van der Waals surface area contributed by atoms with Gasteiger partial charge in [0.25, 0.3) is 5.91 Å². The molecule has 0 saturated carbocycles. The number of aromatic nitrogens is 3. The summed E-state index contributed by atoms with van der Waals surface area (Å²) in [5, 5.41) is 2.48. The highest BCUT2D eigenvalue weighted by molar-refractivity contribution is 5.94. The van der Waals surface area contributed by atoms with E-state index in [0.29, 0.717) is 5.56 Å². The van der Waals surface area contributed by atoms with Crippen molar-refractivity contribution in [3.63, 3.8) is 0 Å². The van der Waals surface area contributed by atoms with Gasteiger partial charge in [-0.2, -0.15) is 13.2 Å². The first-order valence-electron chi connectivity index (χ1n) is 7.70. The molecular weight excluding hydrogens is 352 g/mol. The lowest BCUT2D eigenvalue weighted by Gasteiger charge is -2.11. The van der Waals surface area contributed by atoms with Gasteiger partial charge in [-0.25, -0.2) is 14.4 Å². The molecule has 1 N–H and O–H groups in total. The fraction of sp³-hybridized carbons (Fsp3) is 0.235. The van der Waals surface area contributed by atoms with E-state index in [2.05, 4.69) is 15.3 Å². The zero-order valence-corrected chi connectivity index (χ0v) is 13.6. The van der Waals surface area contributed by atoms with Crippen LogP contribution in [0.15, 0.2) is 36.5 Å². The van der Waals surface area contributed by atoms with Crippen LogP contribution in [-0.2, 0) is 12.7 Å². The third-order valence-electron chi connectivity index (χ3n) is 3.81. The summed E-state index contributed by atoms with van der Waals surface area (Å²) >= 11 is 0. The summed E-state index contributed by atoms with van der Waals surface area (Å²) in [6, 6.07) is 6.91. The highest BCUT2D eigenvalue weighted by Crippen LogP contribution is 2.30. The molecule has 0 aliphatic heterocycles. The third-order valence-corrected chi connectivity index (χ3v) is 3.81. The number of fused-ring (bicyclic) bond motifs is 1. The van der Waals surface area contributed by atoms with Crippen molar-refractivity contribution in [2.24, 2.45) is 0 Å². The van der Waals surface area contributed by atoms with Crippen molar-refractivity contribution in [1.82, 2.24) is 19.9 Å². The number of hydrogen-bond acceptors (Lipinski definition) is 3. The fourth-order valence-corrected chi connectivity index (χ4v) is 2.50. The fourth-order valence-electron chi connectivity index (χ4n) is 2.50. The van der Waals surface area contributed by atoms with Gasteiger partial charge >= 0.3 is 6.18 Å². The molecule has 0 saturated heterocycles. The van der Waals surface area contributed by atoms with Crippen LogP contribution in [0.2, 0.25) is 0 Å². The minimum atomic E-state index is -4.65. The molecule has 3 aromatic rings. The first kappa shape index (κ1) is 17.8. The first-order valence-corrected chi connectivity index (χ1v) is 7.70. The summed E-state index contributed by atoms with van der Waals surface area (Å²) in [5.74, 6) is -2.18. The van der Waals surface area contributed by atoms with Crippen molar-refractivity contribution in [3.05, 3.63) is 59.3 Å². The van der Waals surface area contributed by atoms with Gasteiger partial charge in [0.05, 0.1) is 0 Å². The number of carbonyl (C=O) groups excluding carboxylic acids is 1. The Labute approximate surface area is 145 Å². The number of carbonyl (C=O) groups is 1. The Morgan fingerprint density at radius 3 is 2.73 bits per heavy atom. The van der Waals surface area contributed by atoms with E-state index in [0.717, 1.165) is 10.6 Å². The molecule has 1 amide bonds. The maximum Gasteiger partial charge on any atom is 0.449 e. The van der Waals surface area contributed by atoms with Gasteiger partial charge < -0.3 is 9.88 Å². The van der Waals surface area contributed by atoms with E-state index >= 15 is 0 Å². The van der Waals surface area contributed by atoms with Gasteiger partial charge in [0.2, 0.25) is 5.82 Å². The SMILES string of the molecule is Cc1ccc(C(=O)NCCn2c(C(F)(F)F)nc3cccnc32)cc1F. The van der Waals surface area contributed by atoms with Crippen LogP contribution in [0.25, 0.3) is 11.2 Å². The Morgan fingerprint density at radius 1 is 1.27 bits per heavy atom. The normalized spacial score (nSPS) is 11.7. The van der Waals surface area contributed by atoms with Crippen LogP contribution in [0, 0.1) is 12.7 Å². The number of amides is 1. The monoisotopic (exact) mass is 366 g/mol. The highest BCUT2D eigenvalue weighted by Gasteiger charge is 2.37. The van der Waals surface area contributed by atoms with Crippen LogP contribution >= 0.6 is 0 Å². The number of nitrogens with zero attached hydrogens (tertiary/aromatic N) is 3. The van der Waals surface area contributed by atoms with Crippen LogP contribution < -0.4 is 5.32 Å². The molecule has 1 aromatic carbocycles. The maximum atomic E-state index is 13.5. The molecule has 0 spiro atoms. The lowest BCUT2D eigenvalue weighted by molar-refractivity contribution is -0.146.